The molecule has 1 aromatic carbocycles. The van der Waals surface area contributed by atoms with Gasteiger partial charge in [-0.2, -0.15) is 0 Å². The van der Waals surface area contributed by atoms with Crippen LogP contribution >= 0.6 is 32.9 Å². The zero-order valence-electron chi connectivity index (χ0n) is 26.0. The molecule has 3 rings (SSSR count). The molecule has 0 saturated carbocycles. The summed E-state index contributed by atoms with van der Waals surface area (Å²) in [5.74, 6) is -1.85. The number of nitrogens with zero attached hydrogens (tertiary/aromatic N) is 2. The van der Waals surface area contributed by atoms with Crippen molar-refractivity contribution >= 4 is 69.3 Å². The number of ether oxygens (including phenoxy) is 2. The fourth-order valence-electron chi connectivity index (χ4n) is 4.19. The molecule has 1 fully saturated rings. The van der Waals surface area contributed by atoms with E-state index in [0.29, 0.717) is 0 Å². The molecule has 0 bridgehead atoms. The van der Waals surface area contributed by atoms with Crippen LogP contribution in [-0.4, -0.2) is 60.4 Å². The lowest BCUT2D eigenvalue weighted by Crippen LogP contribution is -2.69. The van der Waals surface area contributed by atoms with E-state index in [1.807, 2.05) is 45.0 Å². The number of β-lactam (4-membered cyclic amide) rings is 1. The lowest BCUT2D eigenvalue weighted by Gasteiger charge is -2.53. The first-order chi connectivity index (χ1) is 18.8. The number of aromatic nitrogens is 1. The van der Waals surface area contributed by atoms with E-state index >= 15 is 0 Å². The van der Waals surface area contributed by atoms with Crippen LogP contribution in [0.3, 0.4) is 0 Å². The molecule has 12 heteroatoms. The van der Waals surface area contributed by atoms with Crippen LogP contribution in [0.2, 0.25) is 18.1 Å². The van der Waals surface area contributed by atoms with Crippen LogP contribution < -0.4 is 0 Å². The van der Waals surface area contributed by atoms with Crippen molar-refractivity contribution in [3.8, 4) is 0 Å². The third-order valence-corrected chi connectivity index (χ3v) is 16.2. The SMILES string of the molecule is CC(C)[C@@H](C(=O)OCOC(=O)C(C)(C)C)N1C(=O)[C@@H]([C@@H](C)O[Si](C)(C)C(C)(C)C)[C@H]1SSc1nc2ccccc2s1. The molecule has 0 spiro atoms. The summed E-state index contributed by atoms with van der Waals surface area (Å²) in [5, 5.41) is -0.350. The van der Waals surface area contributed by atoms with Gasteiger partial charge in [-0.1, -0.05) is 57.5 Å². The van der Waals surface area contributed by atoms with Crippen molar-refractivity contribution in [2.45, 2.75) is 102 Å². The first-order valence-electron chi connectivity index (χ1n) is 13.9. The standard InChI is InChI=1S/C29H44N2O6S3Si/c1-17(2)22(25(33)35-16-36-26(34)28(4,5)6)31-23(32)21(18(3)37-41(10,11)29(7,8)9)24(31)39-40-27-30-19-14-12-13-15-20(19)38-27/h12-15,17-18,21-22,24H,16H2,1-11H3/t18-,21-,22+,24-/m1/s1. The quantitative estimate of drug-likeness (QED) is 0.0822. The van der Waals surface area contributed by atoms with E-state index in [2.05, 4.69) is 33.9 Å². The highest BCUT2D eigenvalue weighted by Crippen LogP contribution is 2.50. The molecule has 1 amide bonds. The van der Waals surface area contributed by atoms with Gasteiger partial charge in [-0.15, -0.1) is 11.3 Å². The summed E-state index contributed by atoms with van der Waals surface area (Å²) in [4.78, 5) is 45.6. The number of amides is 1. The van der Waals surface area contributed by atoms with E-state index in [4.69, 9.17) is 18.9 Å². The zero-order chi connectivity index (χ0) is 30.9. The van der Waals surface area contributed by atoms with Gasteiger partial charge in [0.2, 0.25) is 12.7 Å². The zero-order valence-corrected chi connectivity index (χ0v) is 29.4. The highest BCUT2D eigenvalue weighted by Gasteiger charge is 2.57. The summed E-state index contributed by atoms with van der Waals surface area (Å²) in [7, 11) is 0.876. The van der Waals surface area contributed by atoms with Crippen LogP contribution in [0, 0.1) is 17.3 Å². The third-order valence-electron chi connectivity index (χ3n) is 7.58. The number of para-hydroxylation sites is 1. The minimum absolute atomic E-state index is 0.0130. The number of carbonyl (C=O) groups excluding carboxylic acids is 3. The Balaban J connectivity index is 1.83. The van der Waals surface area contributed by atoms with Crippen molar-refractivity contribution in [1.82, 2.24) is 9.88 Å². The number of likely N-dealkylation sites (tertiary alicyclic amines) is 1. The molecule has 0 unspecified atom stereocenters. The second-order valence-corrected chi connectivity index (χ2v) is 21.7. The van der Waals surface area contributed by atoms with E-state index < -0.39 is 44.4 Å². The largest absolute Gasteiger partial charge is 0.427 e. The Morgan fingerprint density at radius 3 is 2.27 bits per heavy atom. The number of benzene rings is 1. The van der Waals surface area contributed by atoms with Crippen LogP contribution in [0.4, 0.5) is 0 Å². The molecule has 8 nitrogen and oxygen atoms in total. The van der Waals surface area contributed by atoms with Crippen molar-refractivity contribution in [3.05, 3.63) is 24.3 Å². The van der Waals surface area contributed by atoms with Crippen molar-refractivity contribution in [2.24, 2.45) is 17.3 Å². The van der Waals surface area contributed by atoms with Crippen molar-refractivity contribution in [1.29, 1.82) is 0 Å². The van der Waals surface area contributed by atoms with Crippen LogP contribution in [0.1, 0.15) is 62.3 Å². The summed E-state index contributed by atoms with van der Waals surface area (Å²) in [6.45, 7) is 21.3. The molecule has 0 radical (unpaired) electrons. The molecule has 1 aromatic heterocycles. The van der Waals surface area contributed by atoms with Crippen molar-refractivity contribution in [3.63, 3.8) is 0 Å². The molecule has 41 heavy (non-hydrogen) atoms. The second kappa shape index (κ2) is 12.9. The van der Waals surface area contributed by atoms with E-state index in [-0.39, 0.29) is 28.3 Å². The predicted octanol–water partition coefficient (Wildman–Crippen LogP) is 7.35. The minimum atomic E-state index is -2.16. The first-order valence-corrected chi connectivity index (χ1v) is 19.8. The molecule has 0 N–H and O–H groups in total. The monoisotopic (exact) mass is 640 g/mol. The number of thiazole rings is 1. The maximum atomic E-state index is 13.8. The molecule has 1 aliphatic heterocycles. The summed E-state index contributed by atoms with van der Waals surface area (Å²) in [6, 6.07) is 7.14. The molecule has 1 aliphatic rings. The van der Waals surface area contributed by atoms with Gasteiger partial charge < -0.3 is 18.8 Å². The second-order valence-electron chi connectivity index (χ2n) is 13.3. The van der Waals surface area contributed by atoms with Gasteiger partial charge in [0.1, 0.15) is 11.4 Å². The van der Waals surface area contributed by atoms with Gasteiger partial charge in [0, 0.05) is 0 Å². The van der Waals surface area contributed by atoms with Crippen molar-refractivity contribution < 1.29 is 28.3 Å². The van der Waals surface area contributed by atoms with Crippen LogP contribution in [-0.2, 0) is 28.3 Å². The van der Waals surface area contributed by atoms with E-state index in [1.165, 1.54) is 21.6 Å². The van der Waals surface area contributed by atoms with Gasteiger partial charge in [0.15, 0.2) is 12.7 Å². The predicted molar refractivity (Wildman–Crippen MR) is 170 cm³/mol. The lowest BCUT2D eigenvalue weighted by molar-refractivity contribution is -0.185. The van der Waals surface area contributed by atoms with Crippen LogP contribution in [0.5, 0.6) is 0 Å². The number of hydrogen-bond acceptors (Lipinski definition) is 10. The summed E-state index contributed by atoms with van der Waals surface area (Å²) >= 11 is 1.60. The lowest BCUT2D eigenvalue weighted by atomic mass is 9.88. The summed E-state index contributed by atoms with van der Waals surface area (Å²) < 4.78 is 19.2. The Kier molecular flexibility index (Phi) is 10.7. The number of hydrogen-bond donors (Lipinski definition) is 0. The summed E-state index contributed by atoms with van der Waals surface area (Å²) in [5.41, 5.74) is 0.214. The summed E-state index contributed by atoms with van der Waals surface area (Å²) in [6.07, 6.45) is -0.329. The Hall–Kier alpha value is -1.60. The van der Waals surface area contributed by atoms with Gasteiger partial charge in [0.05, 0.1) is 27.7 Å². The molecule has 1 saturated heterocycles. The average molecular weight is 641 g/mol. The van der Waals surface area contributed by atoms with Gasteiger partial charge in [0.25, 0.3) is 0 Å². The van der Waals surface area contributed by atoms with E-state index in [1.54, 1.807) is 37.0 Å². The van der Waals surface area contributed by atoms with Gasteiger partial charge in [-0.25, -0.2) is 9.78 Å². The topological polar surface area (TPSA) is 95.0 Å². The molecular formula is C29H44N2O6S3Si. The Morgan fingerprint density at radius 1 is 1.07 bits per heavy atom. The normalized spacial score (nSPS) is 19.7. The number of esters is 2. The smallest absolute Gasteiger partial charge is 0.332 e. The molecule has 0 aliphatic carbocycles. The first kappa shape index (κ1) is 33.9. The molecule has 2 heterocycles. The fourth-order valence-corrected chi connectivity index (χ4v) is 9.77. The number of carbonyl (C=O) groups is 3. The molecule has 4 atom stereocenters. The fraction of sp³-hybridized carbons (Fsp3) is 0.655. The third kappa shape index (κ3) is 7.87. The van der Waals surface area contributed by atoms with Crippen LogP contribution in [0.25, 0.3) is 10.2 Å². The number of fused-ring (bicyclic) bond motifs is 1. The molecule has 2 aromatic rings. The van der Waals surface area contributed by atoms with E-state index in [0.717, 1.165) is 14.6 Å². The highest BCUT2D eigenvalue weighted by molar-refractivity contribution is 8.77. The maximum Gasteiger partial charge on any atom is 0.332 e. The van der Waals surface area contributed by atoms with Crippen molar-refractivity contribution in [2.75, 3.05) is 6.79 Å². The van der Waals surface area contributed by atoms with E-state index in [9.17, 15) is 14.4 Å². The molecule has 228 valence electrons. The average Bonchev–Trinajstić information content (AvgIpc) is 3.25. The van der Waals surface area contributed by atoms with Crippen LogP contribution in [0.15, 0.2) is 28.6 Å². The Morgan fingerprint density at radius 2 is 1.71 bits per heavy atom. The number of rotatable bonds is 11. The Bertz CT molecular complexity index is 1220. The minimum Gasteiger partial charge on any atom is -0.427 e. The highest BCUT2D eigenvalue weighted by atomic mass is 33.1. The van der Waals surface area contributed by atoms with Gasteiger partial charge in [-0.05, 0) is 74.7 Å². The van der Waals surface area contributed by atoms with Gasteiger partial charge in [-0.3, -0.25) is 9.59 Å². The van der Waals surface area contributed by atoms with Gasteiger partial charge >= 0.3 is 11.9 Å². The maximum absolute atomic E-state index is 13.8. The molecular weight excluding hydrogens is 597 g/mol. The Labute approximate surface area is 257 Å².